The zero-order valence-electron chi connectivity index (χ0n) is 12.0. The molecule has 1 aromatic carbocycles. The molecule has 2 aromatic rings. The van der Waals surface area contributed by atoms with E-state index in [9.17, 15) is 23.1 Å². The van der Waals surface area contributed by atoms with Crippen LogP contribution in [0.25, 0.3) is 10.9 Å². The number of fused-ring (bicyclic) bond motifs is 1. The third-order valence-electron chi connectivity index (χ3n) is 3.60. The minimum atomic E-state index is -4.44. The van der Waals surface area contributed by atoms with Gasteiger partial charge in [-0.25, -0.2) is 0 Å². The molecule has 0 saturated heterocycles. The van der Waals surface area contributed by atoms with Crippen LogP contribution in [0, 0.1) is 5.41 Å². The second-order valence-corrected chi connectivity index (χ2v) is 5.83. The van der Waals surface area contributed by atoms with Gasteiger partial charge in [0, 0.05) is 18.6 Å². The number of nitrogens with zero attached hydrogens (tertiary/aromatic N) is 1. The second kappa shape index (κ2) is 4.79. The Labute approximate surface area is 120 Å². The molecule has 0 amide bonds. The molecule has 0 radical (unpaired) electrons. The predicted octanol–water partition coefficient (Wildman–Crippen LogP) is 3.85. The summed E-state index contributed by atoms with van der Waals surface area (Å²) in [6, 6.07) is 3.98. The van der Waals surface area contributed by atoms with Crippen molar-refractivity contribution in [2.24, 2.45) is 12.5 Å². The fourth-order valence-corrected chi connectivity index (χ4v) is 2.47. The van der Waals surface area contributed by atoms with Crippen molar-refractivity contribution in [1.29, 1.82) is 0 Å². The van der Waals surface area contributed by atoms with Gasteiger partial charge in [-0.2, -0.15) is 13.2 Å². The third kappa shape index (κ3) is 2.75. The van der Waals surface area contributed by atoms with Crippen molar-refractivity contribution in [1.82, 2.24) is 4.57 Å². The Bertz CT molecular complexity index is 699. The van der Waals surface area contributed by atoms with Crippen molar-refractivity contribution in [3.8, 4) is 0 Å². The first-order valence-corrected chi connectivity index (χ1v) is 6.41. The largest absolute Gasteiger partial charge is 0.481 e. The lowest BCUT2D eigenvalue weighted by atomic mass is 9.86. The molecule has 21 heavy (non-hydrogen) atoms. The molecule has 6 heteroatoms. The van der Waals surface area contributed by atoms with Crippen LogP contribution in [0.2, 0.25) is 0 Å². The highest BCUT2D eigenvalue weighted by Gasteiger charge is 2.35. The summed E-state index contributed by atoms with van der Waals surface area (Å²) in [7, 11) is 1.54. The van der Waals surface area contributed by atoms with Crippen molar-refractivity contribution in [2.45, 2.75) is 26.4 Å². The Morgan fingerprint density at radius 3 is 2.43 bits per heavy atom. The van der Waals surface area contributed by atoms with Crippen LogP contribution in [0.5, 0.6) is 0 Å². The smallest absolute Gasteiger partial charge is 0.418 e. The molecule has 1 heterocycles. The second-order valence-electron chi connectivity index (χ2n) is 5.83. The standard InChI is InChI=1S/C15H16F3NO2/c1-14(2,13(20)21)7-9-8-19(3)12-10(9)5-4-6-11(12)15(16,17)18/h4-6,8H,7H2,1-3H3,(H,20,21). The third-order valence-corrected chi connectivity index (χ3v) is 3.60. The maximum atomic E-state index is 13.1. The minimum absolute atomic E-state index is 0.0844. The van der Waals surface area contributed by atoms with E-state index < -0.39 is 23.1 Å². The van der Waals surface area contributed by atoms with Crippen LogP contribution in [-0.4, -0.2) is 15.6 Å². The SMILES string of the molecule is Cn1cc(CC(C)(C)C(=O)O)c2cccc(C(F)(F)F)c21. The van der Waals surface area contributed by atoms with E-state index in [2.05, 4.69) is 0 Å². The average molecular weight is 299 g/mol. The normalized spacial score (nSPS) is 12.9. The number of aryl methyl sites for hydroxylation is 1. The molecular weight excluding hydrogens is 283 g/mol. The molecule has 1 aromatic heterocycles. The number of alkyl halides is 3. The number of hydrogen-bond acceptors (Lipinski definition) is 1. The van der Waals surface area contributed by atoms with E-state index in [0.717, 1.165) is 6.07 Å². The number of halogens is 3. The van der Waals surface area contributed by atoms with E-state index in [-0.39, 0.29) is 11.9 Å². The molecule has 2 rings (SSSR count). The zero-order valence-corrected chi connectivity index (χ0v) is 12.0. The van der Waals surface area contributed by atoms with Crippen LogP contribution in [0.3, 0.4) is 0 Å². The Hall–Kier alpha value is -1.98. The van der Waals surface area contributed by atoms with Gasteiger partial charge < -0.3 is 9.67 Å². The van der Waals surface area contributed by atoms with Gasteiger partial charge in [-0.3, -0.25) is 4.79 Å². The topological polar surface area (TPSA) is 42.2 Å². The van der Waals surface area contributed by atoms with E-state index in [4.69, 9.17) is 0 Å². The summed E-state index contributed by atoms with van der Waals surface area (Å²) in [5.41, 5.74) is -1.06. The van der Waals surface area contributed by atoms with Crippen molar-refractivity contribution in [3.63, 3.8) is 0 Å². The Morgan fingerprint density at radius 1 is 1.29 bits per heavy atom. The van der Waals surface area contributed by atoms with Crippen LogP contribution in [0.4, 0.5) is 13.2 Å². The van der Waals surface area contributed by atoms with E-state index >= 15 is 0 Å². The van der Waals surface area contributed by atoms with Gasteiger partial charge in [-0.1, -0.05) is 12.1 Å². The first-order chi connectivity index (χ1) is 9.54. The Kier molecular flexibility index (Phi) is 3.51. The number of aromatic nitrogens is 1. The van der Waals surface area contributed by atoms with Gasteiger partial charge >= 0.3 is 12.1 Å². The van der Waals surface area contributed by atoms with Crippen LogP contribution in [-0.2, 0) is 24.4 Å². The first-order valence-electron chi connectivity index (χ1n) is 6.41. The van der Waals surface area contributed by atoms with E-state index in [1.807, 2.05) is 0 Å². The van der Waals surface area contributed by atoms with E-state index in [1.165, 1.54) is 17.7 Å². The zero-order chi connectivity index (χ0) is 16.0. The molecule has 0 aliphatic heterocycles. The van der Waals surface area contributed by atoms with Crippen LogP contribution >= 0.6 is 0 Å². The summed E-state index contributed by atoms with van der Waals surface area (Å²) in [5, 5.41) is 9.62. The number of carboxylic acid groups (broad SMARTS) is 1. The quantitative estimate of drug-likeness (QED) is 0.935. The lowest BCUT2D eigenvalue weighted by molar-refractivity contribution is -0.146. The minimum Gasteiger partial charge on any atom is -0.481 e. The number of rotatable bonds is 3. The maximum absolute atomic E-state index is 13.1. The van der Waals surface area contributed by atoms with Crippen LogP contribution in [0.15, 0.2) is 24.4 Å². The molecule has 0 aliphatic carbocycles. The number of para-hydroxylation sites is 1. The van der Waals surface area contributed by atoms with Crippen molar-refractivity contribution in [2.75, 3.05) is 0 Å². The Morgan fingerprint density at radius 2 is 1.90 bits per heavy atom. The van der Waals surface area contributed by atoms with Crippen molar-refractivity contribution >= 4 is 16.9 Å². The lowest BCUT2D eigenvalue weighted by Crippen LogP contribution is -2.26. The summed E-state index contributed by atoms with van der Waals surface area (Å²) < 4.78 is 40.6. The number of benzene rings is 1. The van der Waals surface area contributed by atoms with Crippen molar-refractivity contribution in [3.05, 3.63) is 35.5 Å². The van der Waals surface area contributed by atoms with E-state index in [1.54, 1.807) is 26.1 Å². The van der Waals surface area contributed by atoms with Gasteiger partial charge in [-0.05, 0) is 31.9 Å². The molecule has 0 bridgehead atoms. The fourth-order valence-electron chi connectivity index (χ4n) is 2.47. The van der Waals surface area contributed by atoms with Crippen molar-refractivity contribution < 1.29 is 23.1 Å². The summed E-state index contributed by atoms with van der Waals surface area (Å²) >= 11 is 0. The van der Waals surface area contributed by atoms with E-state index in [0.29, 0.717) is 10.9 Å². The summed E-state index contributed by atoms with van der Waals surface area (Å²) in [6.07, 6.45) is -2.70. The molecule has 114 valence electrons. The molecular formula is C15H16F3NO2. The highest BCUT2D eigenvalue weighted by Crippen LogP contribution is 2.37. The first kappa shape index (κ1) is 15.4. The monoisotopic (exact) mass is 299 g/mol. The van der Waals surface area contributed by atoms with Crippen LogP contribution in [0.1, 0.15) is 25.0 Å². The highest BCUT2D eigenvalue weighted by atomic mass is 19.4. The summed E-state index contributed by atoms with van der Waals surface area (Å²) in [5.74, 6) is -0.980. The maximum Gasteiger partial charge on any atom is 0.418 e. The number of carbonyl (C=O) groups is 1. The molecule has 1 N–H and O–H groups in total. The molecule has 0 saturated carbocycles. The van der Waals surface area contributed by atoms with Crippen LogP contribution < -0.4 is 0 Å². The van der Waals surface area contributed by atoms with Gasteiger partial charge in [0.05, 0.1) is 16.5 Å². The summed E-state index contributed by atoms with van der Waals surface area (Å²) in [6.45, 7) is 3.11. The van der Waals surface area contributed by atoms with Gasteiger partial charge in [-0.15, -0.1) is 0 Å². The predicted molar refractivity (Wildman–Crippen MR) is 73.0 cm³/mol. The van der Waals surface area contributed by atoms with Gasteiger partial charge in [0.2, 0.25) is 0 Å². The number of carboxylic acids is 1. The molecule has 3 nitrogen and oxygen atoms in total. The van der Waals surface area contributed by atoms with Gasteiger partial charge in [0.15, 0.2) is 0 Å². The van der Waals surface area contributed by atoms with Gasteiger partial charge in [0.1, 0.15) is 0 Å². The Balaban J connectivity index is 2.62. The number of hydrogen-bond donors (Lipinski definition) is 1. The average Bonchev–Trinajstić information content (AvgIpc) is 2.64. The molecule has 0 aliphatic rings. The summed E-state index contributed by atoms with van der Waals surface area (Å²) in [4.78, 5) is 11.2. The molecule has 0 atom stereocenters. The molecule has 0 unspecified atom stereocenters. The lowest BCUT2D eigenvalue weighted by Gasteiger charge is -2.18. The fraction of sp³-hybridized carbons (Fsp3) is 0.400. The number of aliphatic carboxylic acids is 1. The van der Waals surface area contributed by atoms with Gasteiger partial charge in [0.25, 0.3) is 0 Å². The molecule has 0 spiro atoms. The molecule has 0 fully saturated rings. The highest BCUT2D eigenvalue weighted by molar-refractivity contribution is 5.88.